The summed E-state index contributed by atoms with van der Waals surface area (Å²) in [6, 6.07) is 6.13. The Morgan fingerprint density at radius 3 is 2.20 bits per heavy atom. The van der Waals surface area contributed by atoms with E-state index in [2.05, 4.69) is 5.32 Å². The van der Waals surface area contributed by atoms with Crippen molar-refractivity contribution >= 4 is 21.4 Å². The van der Waals surface area contributed by atoms with Crippen molar-refractivity contribution in [1.29, 1.82) is 0 Å². The quantitative estimate of drug-likeness (QED) is 0.849. The van der Waals surface area contributed by atoms with Gasteiger partial charge in [0.15, 0.2) is 9.84 Å². The molecule has 0 spiro atoms. The van der Waals surface area contributed by atoms with Crippen LogP contribution in [0.1, 0.15) is 13.8 Å². The minimum absolute atomic E-state index is 0.0759. The number of carbonyl (C=O) groups excluding carboxylic acids is 1. The molecule has 1 aromatic carbocycles. The largest absolute Gasteiger partial charge is 0.326 e. The Kier molecular flexibility index (Phi) is 3.47. The maximum atomic E-state index is 11.4. The van der Waals surface area contributed by atoms with Gasteiger partial charge in [0, 0.05) is 12.6 Å². The van der Waals surface area contributed by atoms with Gasteiger partial charge in [-0.15, -0.1) is 0 Å². The maximum Gasteiger partial charge on any atom is 0.221 e. The van der Waals surface area contributed by atoms with Crippen molar-refractivity contribution in [2.75, 3.05) is 11.1 Å². The van der Waals surface area contributed by atoms with Crippen molar-refractivity contribution in [3.63, 3.8) is 0 Å². The Bertz CT molecular complexity index is 448. The lowest BCUT2D eigenvalue weighted by atomic mass is 10.3. The summed E-state index contributed by atoms with van der Waals surface area (Å²) in [6.45, 7) is 2.99. The molecule has 0 aliphatic carbocycles. The third kappa shape index (κ3) is 3.06. The summed E-state index contributed by atoms with van der Waals surface area (Å²) < 4.78 is 22.9. The molecule has 0 atom stereocenters. The van der Waals surface area contributed by atoms with E-state index < -0.39 is 9.84 Å². The third-order valence-corrected chi connectivity index (χ3v) is 3.66. The molecule has 5 heteroatoms. The van der Waals surface area contributed by atoms with Gasteiger partial charge in [0.25, 0.3) is 0 Å². The van der Waals surface area contributed by atoms with Crippen LogP contribution < -0.4 is 5.32 Å². The molecule has 1 aromatic rings. The molecule has 0 aromatic heterocycles. The molecule has 15 heavy (non-hydrogen) atoms. The number of amides is 1. The normalized spacial score (nSPS) is 11.1. The van der Waals surface area contributed by atoms with Gasteiger partial charge in [-0.2, -0.15) is 0 Å². The molecule has 0 unspecified atom stereocenters. The van der Waals surface area contributed by atoms with Crippen molar-refractivity contribution < 1.29 is 13.2 Å². The van der Waals surface area contributed by atoms with Crippen LogP contribution >= 0.6 is 0 Å². The first-order valence-corrected chi connectivity index (χ1v) is 6.21. The predicted molar refractivity (Wildman–Crippen MR) is 58.5 cm³/mol. The minimum Gasteiger partial charge on any atom is -0.326 e. The molecule has 0 aliphatic rings. The molecule has 0 fully saturated rings. The molecule has 0 saturated carbocycles. The molecule has 1 amide bonds. The van der Waals surface area contributed by atoms with Crippen LogP contribution in [-0.4, -0.2) is 20.1 Å². The topological polar surface area (TPSA) is 63.2 Å². The molecular weight excluding hydrogens is 214 g/mol. The summed E-state index contributed by atoms with van der Waals surface area (Å²) in [5.74, 6) is -0.104. The second kappa shape index (κ2) is 4.44. The van der Waals surface area contributed by atoms with Gasteiger partial charge < -0.3 is 5.32 Å². The summed E-state index contributed by atoms with van der Waals surface area (Å²) in [4.78, 5) is 11.0. The fourth-order valence-corrected chi connectivity index (χ4v) is 2.00. The van der Waals surface area contributed by atoms with Crippen LogP contribution in [0.2, 0.25) is 0 Å². The lowest BCUT2D eigenvalue weighted by molar-refractivity contribution is -0.114. The molecule has 0 heterocycles. The molecule has 0 radical (unpaired) electrons. The molecule has 82 valence electrons. The highest BCUT2D eigenvalue weighted by molar-refractivity contribution is 7.91. The van der Waals surface area contributed by atoms with Crippen LogP contribution in [-0.2, 0) is 14.6 Å². The van der Waals surface area contributed by atoms with E-state index in [0.717, 1.165) is 0 Å². The molecule has 1 N–H and O–H groups in total. The first-order chi connectivity index (χ1) is 6.95. The number of benzene rings is 1. The fourth-order valence-electron chi connectivity index (χ4n) is 1.12. The summed E-state index contributed by atoms with van der Waals surface area (Å²) in [5.41, 5.74) is 0.595. The Labute approximate surface area is 89.2 Å². The molecular formula is C10H13NO3S. The van der Waals surface area contributed by atoms with Crippen LogP contribution in [0.15, 0.2) is 29.2 Å². The van der Waals surface area contributed by atoms with Gasteiger partial charge in [-0.3, -0.25) is 4.79 Å². The van der Waals surface area contributed by atoms with E-state index in [0.29, 0.717) is 5.69 Å². The number of carbonyl (C=O) groups is 1. The van der Waals surface area contributed by atoms with Gasteiger partial charge in [0.05, 0.1) is 10.6 Å². The first kappa shape index (κ1) is 11.7. The average Bonchev–Trinajstić information content (AvgIpc) is 2.18. The van der Waals surface area contributed by atoms with Crippen LogP contribution in [0.5, 0.6) is 0 Å². The monoisotopic (exact) mass is 227 g/mol. The highest BCUT2D eigenvalue weighted by atomic mass is 32.2. The highest BCUT2D eigenvalue weighted by Gasteiger charge is 2.10. The molecule has 4 nitrogen and oxygen atoms in total. The zero-order valence-corrected chi connectivity index (χ0v) is 9.47. The van der Waals surface area contributed by atoms with Crippen molar-refractivity contribution in [3.8, 4) is 0 Å². The zero-order valence-electron chi connectivity index (χ0n) is 8.65. The maximum absolute atomic E-state index is 11.4. The number of nitrogens with one attached hydrogen (secondary N) is 1. The van der Waals surface area contributed by atoms with Crippen LogP contribution in [0.3, 0.4) is 0 Å². The second-order valence-corrected chi connectivity index (χ2v) is 5.39. The van der Waals surface area contributed by atoms with E-state index in [-0.39, 0.29) is 16.6 Å². The summed E-state index contributed by atoms with van der Waals surface area (Å²) in [7, 11) is -3.16. The minimum atomic E-state index is -3.16. The molecule has 0 saturated heterocycles. The van der Waals surface area contributed by atoms with Gasteiger partial charge in [-0.05, 0) is 24.3 Å². The zero-order chi connectivity index (χ0) is 11.5. The van der Waals surface area contributed by atoms with Crippen molar-refractivity contribution in [1.82, 2.24) is 0 Å². The van der Waals surface area contributed by atoms with E-state index in [1.807, 2.05) is 0 Å². The van der Waals surface area contributed by atoms with Crippen molar-refractivity contribution in [3.05, 3.63) is 24.3 Å². The smallest absolute Gasteiger partial charge is 0.221 e. The van der Waals surface area contributed by atoms with Gasteiger partial charge in [0.2, 0.25) is 5.91 Å². The number of hydrogen-bond donors (Lipinski definition) is 1. The highest BCUT2D eigenvalue weighted by Crippen LogP contribution is 2.15. The van der Waals surface area contributed by atoms with Crippen LogP contribution in [0.25, 0.3) is 0 Å². The van der Waals surface area contributed by atoms with Crippen molar-refractivity contribution in [2.45, 2.75) is 18.7 Å². The third-order valence-electron chi connectivity index (χ3n) is 1.91. The van der Waals surface area contributed by atoms with E-state index in [1.54, 1.807) is 19.1 Å². The Morgan fingerprint density at radius 2 is 1.80 bits per heavy atom. The number of anilines is 1. The average molecular weight is 227 g/mol. The molecule has 0 bridgehead atoms. The Hall–Kier alpha value is -1.36. The van der Waals surface area contributed by atoms with Gasteiger partial charge in [-0.1, -0.05) is 6.92 Å². The lowest BCUT2D eigenvalue weighted by Gasteiger charge is -2.04. The molecule has 1 rings (SSSR count). The van der Waals surface area contributed by atoms with E-state index in [9.17, 15) is 13.2 Å². The van der Waals surface area contributed by atoms with Crippen LogP contribution in [0, 0.1) is 0 Å². The van der Waals surface area contributed by atoms with E-state index in [1.165, 1.54) is 19.1 Å². The van der Waals surface area contributed by atoms with Crippen molar-refractivity contribution in [2.24, 2.45) is 0 Å². The van der Waals surface area contributed by atoms with E-state index >= 15 is 0 Å². The lowest BCUT2D eigenvalue weighted by Crippen LogP contribution is -2.07. The summed E-state index contributed by atoms with van der Waals surface area (Å²) >= 11 is 0. The summed E-state index contributed by atoms with van der Waals surface area (Å²) in [5, 5.41) is 2.57. The molecule has 0 aliphatic heterocycles. The second-order valence-electron chi connectivity index (χ2n) is 3.11. The summed E-state index contributed by atoms with van der Waals surface area (Å²) in [6.07, 6.45) is 0. The predicted octanol–water partition coefficient (Wildman–Crippen LogP) is 1.44. The Morgan fingerprint density at radius 1 is 1.27 bits per heavy atom. The SMILES string of the molecule is CCS(=O)(=O)c1ccc(NC(C)=O)cc1. The number of hydrogen-bond acceptors (Lipinski definition) is 3. The number of rotatable bonds is 3. The standard InChI is InChI=1S/C10H13NO3S/c1-3-15(13,14)10-6-4-9(5-7-10)11-8(2)12/h4-7H,3H2,1-2H3,(H,11,12). The van der Waals surface area contributed by atoms with Crippen LogP contribution in [0.4, 0.5) is 5.69 Å². The van der Waals surface area contributed by atoms with Gasteiger partial charge in [-0.25, -0.2) is 8.42 Å². The van der Waals surface area contributed by atoms with E-state index in [4.69, 9.17) is 0 Å². The van der Waals surface area contributed by atoms with Gasteiger partial charge in [0.1, 0.15) is 0 Å². The Balaban J connectivity index is 2.95. The number of sulfone groups is 1. The fraction of sp³-hybridized carbons (Fsp3) is 0.300. The first-order valence-electron chi connectivity index (χ1n) is 4.56. The van der Waals surface area contributed by atoms with Gasteiger partial charge >= 0.3 is 0 Å².